The normalized spacial score (nSPS) is 16.8. The van der Waals surface area contributed by atoms with Gasteiger partial charge in [0.2, 0.25) is 11.6 Å². The minimum absolute atomic E-state index is 0.0648. The summed E-state index contributed by atoms with van der Waals surface area (Å²) < 4.78 is 0. The fourth-order valence-corrected chi connectivity index (χ4v) is 8.58. The lowest BCUT2D eigenvalue weighted by atomic mass is 9.84. The van der Waals surface area contributed by atoms with E-state index in [4.69, 9.17) is 9.98 Å². The fourth-order valence-electron chi connectivity index (χ4n) is 6.03. The maximum atomic E-state index is 13.4. The number of thiophene rings is 2. The first-order valence-corrected chi connectivity index (χ1v) is 15.2. The van der Waals surface area contributed by atoms with Gasteiger partial charge in [0.05, 0.1) is 9.75 Å². The van der Waals surface area contributed by atoms with Crippen LogP contribution in [0.3, 0.4) is 0 Å². The van der Waals surface area contributed by atoms with E-state index in [-0.39, 0.29) is 45.3 Å². The van der Waals surface area contributed by atoms with Crippen molar-refractivity contribution in [2.45, 2.75) is 19.3 Å². The summed E-state index contributed by atoms with van der Waals surface area (Å²) in [4.78, 5) is 38.1. The third-order valence-electron chi connectivity index (χ3n) is 8.17. The van der Waals surface area contributed by atoms with Crippen molar-refractivity contribution in [1.29, 1.82) is 21.0 Å². The number of rotatable bonds is 2. The largest absolute Gasteiger partial charge is 0.287 e. The fraction of sp³-hybridized carbons (Fsp3) is 0.0857. The van der Waals surface area contributed by atoms with Crippen molar-refractivity contribution in [3.63, 3.8) is 0 Å². The number of hydrogen-bond donors (Lipinski definition) is 0. The quantitative estimate of drug-likeness (QED) is 0.211. The molecule has 4 aromatic rings. The van der Waals surface area contributed by atoms with Gasteiger partial charge in [0.15, 0.2) is 0 Å². The predicted molar refractivity (Wildman–Crippen MR) is 172 cm³/mol. The average Bonchev–Trinajstić information content (AvgIpc) is 3.82. The second-order valence-corrected chi connectivity index (χ2v) is 13.0. The molecule has 0 radical (unpaired) electrons. The molecule has 7 rings (SSSR count). The van der Waals surface area contributed by atoms with E-state index in [1.54, 1.807) is 48.5 Å². The lowest BCUT2D eigenvalue weighted by Gasteiger charge is -2.18. The van der Waals surface area contributed by atoms with E-state index in [0.29, 0.717) is 32.3 Å². The standard InChI is InChI=1S/C35H16N6O2S2/c1-35(2)23-11-25(40-29-27(17(13-36)14-37)19-7-3-5-9-21(19)31(29)42)44-33(23)34-24(35)12-26(45-34)41-30-28(18(15-38)16-39)20-8-4-6-10-22(20)32(30)43/h3-12H,1-2H3. The zero-order chi connectivity index (χ0) is 31.6. The van der Waals surface area contributed by atoms with Crippen molar-refractivity contribution < 1.29 is 9.59 Å². The van der Waals surface area contributed by atoms with Crippen LogP contribution in [0.4, 0.5) is 10.0 Å². The monoisotopic (exact) mass is 616 g/mol. The summed E-state index contributed by atoms with van der Waals surface area (Å²) in [6.45, 7) is 4.14. The van der Waals surface area contributed by atoms with Crippen LogP contribution in [0, 0.1) is 45.3 Å². The first-order chi connectivity index (χ1) is 21.7. The first kappa shape index (κ1) is 27.8. The van der Waals surface area contributed by atoms with E-state index in [1.165, 1.54) is 22.7 Å². The van der Waals surface area contributed by atoms with Crippen molar-refractivity contribution in [2.75, 3.05) is 0 Å². The van der Waals surface area contributed by atoms with Crippen LogP contribution in [-0.2, 0) is 5.41 Å². The zero-order valence-corrected chi connectivity index (χ0v) is 25.2. The molecule has 8 nitrogen and oxygen atoms in total. The van der Waals surface area contributed by atoms with Gasteiger partial charge in [0.25, 0.3) is 0 Å². The van der Waals surface area contributed by atoms with Gasteiger partial charge >= 0.3 is 0 Å². The number of benzene rings is 2. The molecule has 0 atom stereocenters. The van der Waals surface area contributed by atoms with E-state index in [2.05, 4.69) is 13.8 Å². The van der Waals surface area contributed by atoms with Crippen LogP contribution in [0.2, 0.25) is 0 Å². The number of nitriles is 4. The molecule has 2 heterocycles. The van der Waals surface area contributed by atoms with E-state index in [1.807, 2.05) is 36.4 Å². The van der Waals surface area contributed by atoms with E-state index in [0.717, 1.165) is 20.9 Å². The average molecular weight is 617 g/mol. The number of allylic oxidation sites excluding steroid dienone is 4. The molecule has 210 valence electrons. The number of Topliss-reactive ketones (excluding diaryl/α,β-unsaturated/α-hetero) is 2. The summed E-state index contributed by atoms with van der Waals surface area (Å²) in [6, 6.07) is 25.2. The number of carbonyl (C=O) groups excluding carboxylic acids is 2. The van der Waals surface area contributed by atoms with Crippen LogP contribution in [0.15, 0.2) is 81.8 Å². The molecule has 0 saturated heterocycles. The molecule has 45 heavy (non-hydrogen) atoms. The third-order valence-corrected chi connectivity index (χ3v) is 10.4. The highest BCUT2D eigenvalue weighted by Gasteiger charge is 2.41. The molecule has 0 amide bonds. The van der Waals surface area contributed by atoms with Crippen molar-refractivity contribution in [2.24, 2.45) is 9.98 Å². The Bertz CT molecular complexity index is 2190. The highest BCUT2D eigenvalue weighted by molar-refractivity contribution is 7.26. The zero-order valence-electron chi connectivity index (χ0n) is 23.6. The van der Waals surface area contributed by atoms with Gasteiger partial charge in [0, 0.05) is 27.7 Å². The molecular weight excluding hydrogens is 601 g/mol. The van der Waals surface area contributed by atoms with E-state index >= 15 is 0 Å². The molecule has 10 heteroatoms. The lowest BCUT2D eigenvalue weighted by Crippen LogP contribution is -2.13. The van der Waals surface area contributed by atoms with Gasteiger partial charge in [-0.15, -0.1) is 22.7 Å². The molecule has 2 aromatic heterocycles. The minimum Gasteiger partial charge on any atom is -0.287 e. The Kier molecular flexibility index (Phi) is 6.18. The van der Waals surface area contributed by atoms with Crippen molar-refractivity contribution in [1.82, 2.24) is 0 Å². The van der Waals surface area contributed by atoms with Crippen LogP contribution >= 0.6 is 22.7 Å². The molecule has 0 unspecified atom stereocenters. The summed E-state index contributed by atoms with van der Waals surface area (Å²) in [5.41, 5.74) is 3.67. The number of hydrogen-bond acceptors (Lipinski definition) is 10. The van der Waals surface area contributed by atoms with Crippen LogP contribution in [-0.4, -0.2) is 23.0 Å². The topological polar surface area (TPSA) is 154 Å². The van der Waals surface area contributed by atoms with Gasteiger partial charge in [-0.3, -0.25) is 9.59 Å². The maximum absolute atomic E-state index is 13.4. The molecule has 0 fully saturated rings. The Hall–Kier alpha value is -6.04. The summed E-state index contributed by atoms with van der Waals surface area (Å²) in [5, 5.41) is 39.7. The molecule has 0 bridgehead atoms. The van der Waals surface area contributed by atoms with Crippen LogP contribution in [0.5, 0.6) is 0 Å². The lowest BCUT2D eigenvalue weighted by molar-refractivity contribution is 0.106. The number of carbonyl (C=O) groups is 2. The highest BCUT2D eigenvalue weighted by Crippen LogP contribution is 2.58. The minimum atomic E-state index is -0.452. The number of nitrogens with zero attached hydrogens (tertiary/aromatic N) is 6. The Balaban J connectivity index is 1.34. The van der Waals surface area contributed by atoms with Crippen molar-refractivity contribution in [3.05, 3.63) is 105 Å². The summed E-state index contributed by atoms with van der Waals surface area (Å²) in [5.74, 6) is -0.682. The Morgan fingerprint density at radius 3 is 1.33 bits per heavy atom. The molecule has 0 spiro atoms. The summed E-state index contributed by atoms with van der Waals surface area (Å²) in [7, 11) is 0. The maximum Gasteiger partial charge on any atom is 0.212 e. The second-order valence-electron chi connectivity index (χ2n) is 10.9. The van der Waals surface area contributed by atoms with Gasteiger partial charge in [0.1, 0.15) is 56.8 Å². The number of fused-ring (bicyclic) bond motifs is 5. The van der Waals surface area contributed by atoms with Crippen LogP contribution < -0.4 is 0 Å². The molecule has 0 aliphatic heterocycles. The number of aliphatic imine (C=N–C) groups is 2. The van der Waals surface area contributed by atoms with Crippen molar-refractivity contribution >= 4 is 66.8 Å². The van der Waals surface area contributed by atoms with E-state index < -0.39 is 5.41 Å². The van der Waals surface area contributed by atoms with E-state index in [9.17, 15) is 30.6 Å². The van der Waals surface area contributed by atoms with Gasteiger partial charge in [-0.25, -0.2) is 9.98 Å². The molecule has 3 aliphatic carbocycles. The van der Waals surface area contributed by atoms with Gasteiger partial charge in [-0.05, 0) is 34.4 Å². The molecular formula is C35H16N6O2S2. The van der Waals surface area contributed by atoms with Gasteiger partial charge in [-0.1, -0.05) is 62.4 Å². The third kappa shape index (κ3) is 3.92. The predicted octanol–water partition coefficient (Wildman–Crippen LogP) is 7.66. The van der Waals surface area contributed by atoms with Crippen molar-refractivity contribution in [3.8, 4) is 34.0 Å². The van der Waals surface area contributed by atoms with Crippen LogP contribution in [0.1, 0.15) is 56.8 Å². The van der Waals surface area contributed by atoms with Gasteiger partial charge in [-0.2, -0.15) is 21.0 Å². The highest BCUT2D eigenvalue weighted by atomic mass is 32.1. The Labute approximate surface area is 265 Å². The Morgan fingerprint density at radius 1 is 0.622 bits per heavy atom. The summed E-state index contributed by atoms with van der Waals surface area (Å²) in [6.07, 6.45) is 0. The SMILES string of the molecule is CC1(C)c2cc(N=C3C(=O)c4ccccc4C3=C(C#N)C#N)sc2-c2sc(N=C3C(=O)c4ccccc4C3=C(C#N)C#N)cc21. The summed E-state index contributed by atoms with van der Waals surface area (Å²) >= 11 is 2.79. The van der Waals surface area contributed by atoms with Crippen LogP contribution in [0.25, 0.3) is 20.9 Å². The molecule has 0 N–H and O–H groups in total. The molecule has 0 saturated carbocycles. The first-order valence-electron chi connectivity index (χ1n) is 13.6. The van der Waals surface area contributed by atoms with Gasteiger partial charge < -0.3 is 0 Å². The Morgan fingerprint density at radius 2 is 0.978 bits per heavy atom. The number of ketones is 2. The molecule has 2 aromatic carbocycles. The molecule has 3 aliphatic rings. The smallest absolute Gasteiger partial charge is 0.212 e. The second kappa shape index (κ2) is 10.0.